The van der Waals surface area contributed by atoms with E-state index in [0.717, 1.165) is 5.56 Å². The minimum atomic E-state index is -0.853. The summed E-state index contributed by atoms with van der Waals surface area (Å²) in [5.41, 5.74) is 1.31. The third-order valence-corrected chi connectivity index (χ3v) is 2.33. The van der Waals surface area contributed by atoms with Crippen LogP contribution in [0.1, 0.15) is 18.1 Å². The van der Waals surface area contributed by atoms with Gasteiger partial charge in [0, 0.05) is 0 Å². The number of halogens is 1. The first-order valence-corrected chi connectivity index (χ1v) is 4.49. The molecule has 1 aromatic carbocycles. The Hall–Kier alpha value is -1.38. The zero-order chi connectivity index (χ0) is 10.7. The SMILES string of the molecule is Cc1c(F)cccc1CC(C)C(=O)O. The molecule has 0 aliphatic rings. The van der Waals surface area contributed by atoms with Gasteiger partial charge in [-0.05, 0) is 30.5 Å². The van der Waals surface area contributed by atoms with Crippen LogP contribution in [0, 0.1) is 18.7 Å². The zero-order valence-electron chi connectivity index (χ0n) is 8.25. The van der Waals surface area contributed by atoms with Crippen LogP contribution in [0.15, 0.2) is 18.2 Å². The monoisotopic (exact) mass is 196 g/mol. The molecular formula is C11H13FO2. The van der Waals surface area contributed by atoms with Gasteiger partial charge in [0.1, 0.15) is 5.82 Å². The molecule has 0 spiro atoms. The Morgan fingerprint density at radius 3 is 2.79 bits per heavy atom. The van der Waals surface area contributed by atoms with Gasteiger partial charge in [-0.25, -0.2) is 4.39 Å². The zero-order valence-corrected chi connectivity index (χ0v) is 8.25. The van der Waals surface area contributed by atoms with Crippen molar-refractivity contribution >= 4 is 5.97 Å². The molecule has 0 fully saturated rings. The van der Waals surface area contributed by atoms with Crippen LogP contribution >= 0.6 is 0 Å². The van der Waals surface area contributed by atoms with Gasteiger partial charge >= 0.3 is 5.97 Å². The molecule has 1 atom stereocenters. The summed E-state index contributed by atoms with van der Waals surface area (Å²) in [5, 5.41) is 8.71. The summed E-state index contributed by atoms with van der Waals surface area (Å²) < 4.78 is 13.1. The molecule has 0 aromatic heterocycles. The molecule has 2 nitrogen and oxygen atoms in total. The van der Waals surface area contributed by atoms with Crippen molar-refractivity contribution in [2.24, 2.45) is 5.92 Å². The van der Waals surface area contributed by atoms with Gasteiger partial charge in [-0.3, -0.25) is 4.79 Å². The van der Waals surface area contributed by atoms with Crippen molar-refractivity contribution in [3.63, 3.8) is 0 Å². The maximum absolute atomic E-state index is 13.1. The van der Waals surface area contributed by atoms with E-state index in [-0.39, 0.29) is 5.82 Å². The van der Waals surface area contributed by atoms with Crippen LogP contribution in [0.25, 0.3) is 0 Å². The molecule has 0 saturated heterocycles. The lowest BCUT2D eigenvalue weighted by molar-refractivity contribution is -0.141. The Kier molecular flexibility index (Phi) is 3.23. The first-order chi connectivity index (χ1) is 6.52. The van der Waals surface area contributed by atoms with Gasteiger partial charge in [0.15, 0.2) is 0 Å². The topological polar surface area (TPSA) is 37.3 Å². The van der Waals surface area contributed by atoms with E-state index in [1.807, 2.05) is 0 Å². The highest BCUT2D eigenvalue weighted by molar-refractivity contribution is 5.70. The lowest BCUT2D eigenvalue weighted by Gasteiger charge is -2.09. The minimum Gasteiger partial charge on any atom is -0.481 e. The summed E-state index contributed by atoms with van der Waals surface area (Å²) in [4.78, 5) is 10.6. The molecule has 14 heavy (non-hydrogen) atoms. The molecule has 0 heterocycles. The summed E-state index contributed by atoms with van der Waals surface area (Å²) in [6.45, 7) is 3.28. The van der Waals surface area contributed by atoms with Crippen molar-refractivity contribution in [2.45, 2.75) is 20.3 Å². The molecule has 0 bridgehead atoms. The summed E-state index contributed by atoms with van der Waals surface area (Å²) in [5.74, 6) is -1.61. The summed E-state index contributed by atoms with van der Waals surface area (Å²) in [6, 6.07) is 4.74. The van der Waals surface area contributed by atoms with E-state index in [2.05, 4.69) is 0 Å². The van der Waals surface area contributed by atoms with E-state index in [4.69, 9.17) is 5.11 Å². The van der Waals surface area contributed by atoms with E-state index in [0.29, 0.717) is 12.0 Å². The maximum atomic E-state index is 13.1. The second-order valence-electron chi connectivity index (χ2n) is 3.47. The first-order valence-electron chi connectivity index (χ1n) is 4.49. The average Bonchev–Trinajstić information content (AvgIpc) is 2.12. The molecule has 76 valence electrons. The fourth-order valence-corrected chi connectivity index (χ4v) is 1.29. The van der Waals surface area contributed by atoms with Crippen LogP contribution in [0.5, 0.6) is 0 Å². The number of carboxylic acid groups (broad SMARTS) is 1. The van der Waals surface area contributed by atoms with Gasteiger partial charge in [-0.1, -0.05) is 19.1 Å². The highest BCUT2D eigenvalue weighted by Gasteiger charge is 2.13. The van der Waals surface area contributed by atoms with Gasteiger partial charge in [0.05, 0.1) is 5.92 Å². The molecule has 1 N–H and O–H groups in total. The van der Waals surface area contributed by atoms with Crippen molar-refractivity contribution in [2.75, 3.05) is 0 Å². The third kappa shape index (κ3) is 2.31. The lowest BCUT2D eigenvalue weighted by atomic mass is 9.97. The van der Waals surface area contributed by atoms with Crippen LogP contribution in [0.2, 0.25) is 0 Å². The van der Waals surface area contributed by atoms with E-state index < -0.39 is 11.9 Å². The fourth-order valence-electron chi connectivity index (χ4n) is 1.29. The number of benzene rings is 1. The van der Waals surface area contributed by atoms with Crippen LogP contribution in [-0.2, 0) is 11.2 Å². The van der Waals surface area contributed by atoms with Crippen LogP contribution in [0.4, 0.5) is 4.39 Å². The van der Waals surface area contributed by atoms with Crippen LogP contribution < -0.4 is 0 Å². The Balaban J connectivity index is 2.87. The van der Waals surface area contributed by atoms with Crippen molar-refractivity contribution in [1.29, 1.82) is 0 Å². The number of rotatable bonds is 3. The van der Waals surface area contributed by atoms with E-state index in [9.17, 15) is 9.18 Å². The largest absolute Gasteiger partial charge is 0.481 e. The van der Waals surface area contributed by atoms with Crippen molar-refractivity contribution < 1.29 is 14.3 Å². The second kappa shape index (κ2) is 4.22. The van der Waals surface area contributed by atoms with Gasteiger partial charge in [0.2, 0.25) is 0 Å². The molecule has 0 aliphatic heterocycles. The maximum Gasteiger partial charge on any atom is 0.306 e. The molecule has 1 rings (SSSR count). The number of hydrogen-bond donors (Lipinski definition) is 1. The number of carbonyl (C=O) groups is 1. The Bertz CT molecular complexity index is 347. The molecule has 0 saturated carbocycles. The predicted octanol–water partition coefficient (Wildman–Crippen LogP) is 2.40. The summed E-state index contributed by atoms with van der Waals surface area (Å²) in [6.07, 6.45) is 0.374. The molecule has 0 radical (unpaired) electrons. The molecule has 1 unspecified atom stereocenters. The van der Waals surface area contributed by atoms with Gasteiger partial charge in [-0.2, -0.15) is 0 Å². The number of aliphatic carboxylic acids is 1. The Morgan fingerprint density at radius 1 is 1.57 bits per heavy atom. The quantitative estimate of drug-likeness (QED) is 0.806. The van der Waals surface area contributed by atoms with Gasteiger partial charge in [0.25, 0.3) is 0 Å². The molecule has 0 amide bonds. The van der Waals surface area contributed by atoms with E-state index >= 15 is 0 Å². The third-order valence-electron chi connectivity index (χ3n) is 2.33. The number of carboxylic acids is 1. The van der Waals surface area contributed by atoms with Crippen molar-refractivity contribution in [3.05, 3.63) is 35.1 Å². The van der Waals surface area contributed by atoms with Crippen LogP contribution in [0.3, 0.4) is 0 Å². The van der Waals surface area contributed by atoms with Gasteiger partial charge < -0.3 is 5.11 Å². The molecule has 1 aromatic rings. The second-order valence-corrected chi connectivity index (χ2v) is 3.47. The average molecular weight is 196 g/mol. The highest BCUT2D eigenvalue weighted by Crippen LogP contribution is 2.16. The summed E-state index contributed by atoms with van der Waals surface area (Å²) in [7, 11) is 0. The van der Waals surface area contributed by atoms with E-state index in [1.54, 1.807) is 26.0 Å². The van der Waals surface area contributed by atoms with Crippen molar-refractivity contribution in [1.82, 2.24) is 0 Å². The fraction of sp³-hybridized carbons (Fsp3) is 0.364. The lowest BCUT2D eigenvalue weighted by Crippen LogP contribution is -2.13. The minimum absolute atomic E-state index is 0.278. The molecule has 3 heteroatoms. The van der Waals surface area contributed by atoms with Crippen molar-refractivity contribution in [3.8, 4) is 0 Å². The Morgan fingerprint density at radius 2 is 2.21 bits per heavy atom. The normalized spacial score (nSPS) is 12.5. The predicted molar refractivity (Wildman–Crippen MR) is 51.6 cm³/mol. The Labute approximate surface area is 82.4 Å². The van der Waals surface area contributed by atoms with Crippen LogP contribution in [-0.4, -0.2) is 11.1 Å². The standard InChI is InChI=1S/C11H13FO2/c1-7(11(13)14)6-9-4-3-5-10(12)8(9)2/h3-5,7H,6H2,1-2H3,(H,13,14). The summed E-state index contributed by atoms with van der Waals surface area (Å²) >= 11 is 0. The highest BCUT2D eigenvalue weighted by atomic mass is 19.1. The molecule has 0 aliphatic carbocycles. The first kappa shape index (κ1) is 10.7. The van der Waals surface area contributed by atoms with Gasteiger partial charge in [-0.15, -0.1) is 0 Å². The molecular weight excluding hydrogens is 183 g/mol. The smallest absolute Gasteiger partial charge is 0.306 e. The number of hydrogen-bond acceptors (Lipinski definition) is 1. The van der Waals surface area contributed by atoms with E-state index in [1.165, 1.54) is 6.07 Å².